The number of methoxy groups -OCH3 is 1. The maximum Gasteiger partial charge on any atom is 0.312 e. The zero-order valence-corrected chi connectivity index (χ0v) is 33.2. The van der Waals surface area contributed by atoms with Gasteiger partial charge in [-0.15, -0.1) is 0 Å². The Morgan fingerprint density at radius 1 is 0.660 bits per heavy atom. The quantitative estimate of drug-likeness (QED) is 0.0824. The van der Waals surface area contributed by atoms with E-state index in [-0.39, 0.29) is 36.0 Å². The van der Waals surface area contributed by atoms with Crippen molar-refractivity contribution >= 4 is 23.3 Å². The van der Waals surface area contributed by atoms with E-state index in [1.54, 1.807) is 48.5 Å². The van der Waals surface area contributed by atoms with E-state index in [0.29, 0.717) is 35.5 Å². The lowest BCUT2D eigenvalue weighted by Gasteiger charge is -2.60. The SMILES string of the molecule is CCC(C)(C)CC(C)(C(=O)OC)C(CC)(CC)C(C)(C)CC(C)(C(=O)OCCOc1ccc(/N=N/c2ccc(C#N)cc2)cc1)C(C)(C)CC. The van der Waals surface area contributed by atoms with Crippen molar-refractivity contribution in [1.82, 2.24) is 0 Å². The molecule has 0 aliphatic carbocycles. The lowest BCUT2D eigenvalue weighted by atomic mass is 9.43. The Morgan fingerprint density at radius 2 is 1.18 bits per heavy atom. The van der Waals surface area contributed by atoms with Crippen molar-refractivity contribution in [3.63, 3.8) is 0 Å². The summed E-state index contributed by atoms with van der Waals surface area (Å²) in [5.41, 5.74) is -1.10. The van der Waals surface area contributed by atoms with E-state index in [2.05, 4.69) is 92.5 Å². The fourth-order valence-corrected chi connectivity index (χ4v) is 8.29. The van der Waals surface area contributed by atoms with Crippen molar-refractivity contribution < 1.29 is 23.8 Å². The molecule has 0 heterocycles. The first-order valence-corrected chi connectivity index (χ1v) is 18.2. The molecule has 0 aromatic heterocycles. The molecule has 2 atom stereocenters. The summed E-state index contributed by atoms with van der Waals surface area (Å²) >= 11 is 0. The van der Waals surface area contributed by atoms with Gasteiger partial charge in [-0.2, -0.15) is 15.5 Å². The zero-order chi connectivity index (χ0) is 38.0. The van der Waals surface area contributed by atoms with Crippen LogP contribution in [0.4, 0.5) is 11.4 Å². The molecule has 0 fully saturated rings. The fraction of sp³-hybridized carbons (Fsp3) is 0.643. The predicted molar refractivity (Wildman–Crippen MR) is 201 cm³/mol. The Morgan fingerprint density at radius 3 is 1.62 bits per heavy atom. The molecule has 0 saturated carbocycles. The van der Waals surface area contributed by atoms with Crippen LogP contribution in [0.2, 0.25) is 0 Å². The minimum atomic E-state index is -0.847. The molecule has 50 heavy (non-hydrogen) atoms. The number of hydrogen-bond donors (Lipinski definition) is 0. The highest BCUT2D eigenvalue weighted by Gasteiger charge is 2.63. The first kappa shape index (κ1) is 42.4. The number of azo groups is 1. The molecule has 2 rings (SSSR count). The van der Waals surface area contributed by atoms with Gasteiger partial charge in [0.2, 0.25) is 0 Å². The number of nitriles is 1. The summed E-state index contributed by atoms with van der Waals surface area (Å²) in [6.45, 7) is 26.2. The number of rotatable bonds is 19. The van der Waals surface area contributed by atoms with Gasteiger partial charge < -0.3 is 14.2 Å². The predicted octanol–water partition coefficient (Wildman–Crippen LogP) is 11.6. The van der Waals surface area contributed by atoms with Crippen molar-refractivity contribution in [2.45, 2.75) is 122 Å². The third-order valence-corrected chi connectivity index (χ3v) is 12.3. The van der Waals surface area contributed by atoms with Crippen LogP contribution in [0.1, 0.15) is 127 Å². The summed E-state index contributed by atoms with van der Waals surface area (Å²) < 4.78 is 17.5. The van der Waals surface area contributed by atoms with Gasteiger partial charge in [0.15, 0.2) is 0 Å². The summed E-state index contributed by atoms with van der Waals surface area (Å²) in [5.74, 6) is 0.188. The average Bonchev–Trinajstić information content (AvgIpc) is 3.09. The number of carbonyl (C=O) groups is 2. The Labute approximate surface area is 302 Å². The highest BCUT2D eigenvalue weighted by atomic mass is 16.6. The standard InChI is InChI=1S/C42H63N3O5/c1-14-37(5,6)29-41(12,35(46)48-13)42(16-3,17-4)39(9,10)30-40(11,38(7,8)15-2)36(47)50-27-26-49-34-24-22-33(23-25-34)45-44-32-20-18-31(28-43)19-21-32/h18-25H,14-17,26-27,29-30H2,1-13H3/b45-44+. The van der Waals surface area contributed by atoms with E-state index in [9.17, 15) is 9.59 Å². The summed E-state index contributed by atoms with van der Waals surface area (Å²) in [6, 6.07) is 16.2. The van der Waals surface area contributed by atoms with Gasteiger partial charge in [-0.3, -0.25) is 9.59 Å². The van der Waals surface area contributed by atoms with Crippen LogP contribution >= 0.6 is 0 Å². The average molecular weight is 690 g/mol. The zero-order valence-electron chi connectivity index (χ0n) is 33.2. The highest BCUT2D eigenvalue weighted by molar-refractivity contribution is 5.79. The number of benzene rings is 2. The molecule has 0 amide bonds. The van der Waals surface area contributed by atoms with Crippen molar-refractivity contribution in [3.05, 3.63) is 54.1 Å². The van der Waals surface area contributed by atoms with Gasteiger partial charge >= 0.3 is 11.9 Å². The molecule has 0 spiro atoms. The molecular formula is C42H63N3O5. The van der Waals surface area contributed by atoms with E-state index < -0.39 is 21.7 Å². The van der Waals surface area contributed by atoms with Gasteiger partial charge in [-0.1, -0.05) is 75.7 Å². The van der Waals surface area contributed by atoms with Crippen molar-refractivity contribution in [2.75, 3.05) is 20.3 Å². The highest BCUT2D eigenvalue weighted by Crippen LogP contribution is 2.65. The largest absolute Gasteiger partial charge is 0.490 e. The van der Waals surface area contributed by atoms with Crippen molar-refractivity contribution in [1.29, 1.82) is 5.26 Å². The molecule has 2 unspecified atom stereocenters. The van der Waals surface area contributed by atoms with E-state index in [1.165, 1.54) is 7.11 Å². The Balaban J connectivity index is 2.26. The molecule has 8 nitrogen and oxygen atoms in total. The Bertz CT molecular complexity index is 1480. The van der Waals surface area contributed by atoms with Gasteiger partial charge in [0.05, 0.1) is 40.9 Å². The second-order valence-corrected chi connectivity index (χ2v) is 16.3. The first-order chi connectivity index (χ1) is 23.3. The third-order valence-electron chi connectivity index (χ3n) is 12.3. The maximum absolute atomic E-state index is 14.2. The summed E-state index contributed by atoms with van der Waals surface area (Å²) in [4.78, 5) is 28.1. The lowest BCUT2D eigenvalue weighted by molar-refractivity contribution is -0.187. The molecule has 8 heteroatoms. The molecule has 0 saturated heterocycles. The van der Waals surface area contributed by atoms with Crippen molar-refractivity contribution in [2.24, 2.45) is 42.7 Å². The number of carbonyl (C=O) groups excluding carboxylic acids is 2. The van der Waals surface area contributed by atoms with Gasteiger partial charge in [-0.05, 0) is 116 Å². The number of hydrogen-bond acceptors (Lipinski definition) is 8. The van der Waals surface area contributed by atoms with Gasteiger partial charge in [0, 0.05) is 0 Å². The minimum absolute atomic E-state index is 0.0733. The van der Waals surface area contributed by atoms with E-state index >= 15 is 0 Å². The van der Waals surface area contributed by atoms with E-state index in [4.69, 9.17) is 19.5 Å². The van der Waals surface area contributed by atoms with Crippen LogP contribution in [0.5, 0.6) is 5.75 Å². The summed E-state index contributed by atoms with van der Waals surface area (Å²) in [5, 5.41) is 17.4. The van der Waals surface area contributed by atoms with Crippen LogP contribution in [-0.4, -0.2) is 32.3 Å². The maximum atomic E-state index is 14.2. The summed E-state index contributed by atoms with van der Waals surface area (Å²) in [7, 11) is 1.49. The molecule has 276 valence electrons. The molecular weight excluding hydrogens is 626 g/mol. The lowest BCUT2D eigenvalue weighted by Crippen LogP contribution is -2.58. The first-order valence-electron chi connectivity index (χ1n) is 18.2. The van der Waals surface area contributed by atoms with Crippen LogP contribution in [-0.2, 0) is 19.1 Å². The van der Waals surface area contributed by atoms with E-state index in [0.717, 1.165) is 25.7 Å². The topological polar surface area (TPSA) is 110 Å². The summed E-state index contributed by atoms with van der Waals surface area (Å²) in [6.07, 6.45) is 4.48. The van der Waals surface area contributed by atoms with E-state index in [1.807, 2.05) is 6.92 Å². The van der Waals surface area contributed by atoms with Crippen molar-refractivity contribution in [3.8, 4) is 11.8 Å². The molecule has 0 radical (unpaired) electrons. The normalized spacial score (nSPS) is 15.1. The Kier molecular flexibility index (Phi) is 14.4. The Hall–Kier alpha value is -3.73. The minimum Gasteiger partial charge on any atom is -0.490 e. The molecule has 0 aliphatic rings. The fourth-order valence-electron chi connectivity index (χ4n) is 8.29. The second kappa shape index (κ2) is 17.0. The van der Waals surface area contributed by atoms with Crippen LogP contribution < -0.4 is 4.74 Å². The van der Waals surface area contributed by atoms with Gasteiger partial charge in [0.1, 0.15) is 19.0 Å². The molecule has 0 N–H and O–H groups in total. The van der Waals surface area contributed by atoms with Gasteiger partial charge in [-0.25, -0.2) is 0 Å². The smallest absolute Gasteiger partial charge is 0.312 e. The van der Waals surface area contributed by atoms with Crippen LogP contribution in [0.3, 0.4) is 0 Å². The number of esters is 2. The van der Waals surface area contributed by atoms with Crippen LogP contribution in [0.15, 0.2) is 58.8 Å². The molecule has 2 aromatic carbocycles. The monoisotopic (exact) mass is 689 g/mol. The molecule has 2 aromatic rings. The second-order valence-electron chi connectivity index (χ2n) is 16.3. The van der Waals surface area contributed by atoms with Crippen LogP contribution in [0, 0.1) is 43.8 Å². The van der Waals surface area contributed by atoms with Crippen LogP contribution in [0.25, 0.3) is 0 Å². The molecule has 0 bridgehead atoms. The number of ether oxygens (including phenoxy) is 3. The molecule has 0 aliphatic heterocycles. The number of nitrogens with zero attached hydrogens (tertiary/aromatic N) is 3. The van der Waals surface area contributed by atoms with Gasteiger partial charge in [0.25, 0.3) is 0 Å². The third kappa shape index (κ3) is 9.13.